The summed E-state index contributed by atoms with van der Waals surface area (Å²) in [5, 5.41) is 4.94. The summed E-state index contributed by atoms with van der Waals surface area (Å²) in [5.74, 6) is 0. The first-order valence-corrected chi connectivity index (χ1v) is 27.6. The summed E-state index contributed by atoms with van der Waals surface area (Å²) in [6, 6.07) is 115. The zero-order chi connectivity index (χ0) is 52.9. The average molecular weight is 1020 g/mol. The predicted molar refractivity (Wildman–Crippen MR) is 339 cm³/mol. The number of hydrogen-bond donors (Lipinski definition) is 0. The third-order valence-electron chi connectivity index (χ3n) is 16.2. The number of benzene rings is 13. The maximum absolute atomic E-state index is 2.46. The van der Waals surface area contributed by atoms with Gasteiger partial charge in [0, 0.05) is 32.8 Å². The van der Waals surface area contributed by atoms with Gasteiger partial charge in [0.05, 0.1) is 27.8 Å². The van der Waals surface area contributed by atoms with E-state index in [0.717, 1.165) is 11.4 Å². The Kier molecular flexibility index (Phi) is 11.6. The molecule has 15 rings (SSSR count). The first-order chi connectivity index (χ1) is 39.7. The lowest BCUT2D eigenvalue weighted by molar-refractivity contribution is 1.18. The molecule has 0 fully saturated rings. The SMILES string of the molecule is c1ccc(-c2ccc(-n3c4ccccc4c4cc(-c5ccc6c(c5)c5ccccc5n6-c5ccccc5-c5cccc(-c6ccc(-c7cccc(-c8cccc(-c9ccccc9-c9ccccc9)c8)c7)cc6)c5)ccc43)cc2)cc1. The lowest BCUT2D eigenvalue weighted by Gasteiger charge is -2.15. The van der Waals surface area contributed by atoms with Crippen LogP contribution in [0.1, 0.15) is 0 Å². The van der Waals surface area contributed by atoms with Crippen molar-refractivity contribution in [3.63, 3.8) is 0 Å². The van der Waals surface area contributed by atoms with Crippen LogP contribution in [0.5, 0.6) is 0 Å². The first kappa shape index (κ1) is 46.7. The highest BCUT2D eigenvalue weighted by Gasteiger charge is 2.19. The molecule has 2 heteroatoms. The van der Waals surface area contributed by atoms with Crippen molar-refractivity contribution < 1.29 is 0 Å². The fraction of sp³-hybridized carbons (Fsp3) is 0. The van der Waals surface area contributed by atoms with E-state index in [1.165, 1.54) is 133 Å². The molecule has 0 aliphatic heterocycles. The van der Waals surface area contributed by atoms with E-state index in [9.17, 15) is 0 Å². The lowest BCUT2D eigenvalue weighted by Crippen LogP contribution is -1.97. The third-order valence-corrected chi connectivity index (χ3v) is 16.2. The van der Waals surface area contributed by atoms with Crippen molar-refractivity contribution in [1.29, 1.82) is 0 Å². The van der Waals surface area contributed by atoms with Crippen molar-refractivity contribution in [2.45, 2.75) is 0 Å². The van der Waals surface area contributed by atoms with Gasteiger partial charge in [0.1, 0.15) is 0 Å². The molecule has 0 N–H and O–H groups in total. The molecule has 0 atom stereocenters. The zero-order valence-corrected chi connectivity index (χ0v) is 43.9. The Morgan fingerprint density at radius 3 is 1.06 bits per heavy atom. The van der Waals surface area contributed by atoms with Crippen LogP contribution in [0.4, 0.5) is 0 Å². The maximum atomic E-state index is 2.46. The van der Waals surface area contributed by atoms with Gasteiger partial charge in [-0.3, -0.25) is 0 Å². The van der Waals surface area contributed by atoms with Gasteiger partial charge < -0.3 is 9.13 Å². The van der Waals surface area contributed by atoms with Crippen LogP contribution in [-0.4, -0.2) is 9.13 Å². The molecular formula is C78H52N2. The Morgan fingerprint density at radius 1 is 0.163 bits per heavy atom. The quantitative estimate of drug-likeness (QED) is 0.129. The van der Waals surface area contributed by atoms with Crippen LogP contribution in [0.25, 0.3) is 144 Å². The van der Waals surface area contributed by atoms with Crippen LogP contribution in [0.15, 0.2) is 315 Å². The summed E-state index contributed by atoms with van der Waals surface area (Å²) in [5.41, 5.74) is 26.2. The molecule has 0 bridgehead atoms. The molecule has 0 amide bonds. The molecule has 13 aromatic carbocycles. The summed E-state index contributed by atoms with van der Waals surface area (Å²) < 4.78 is 4.86. The average Bonchev–Trinajstić information content (AvgIpc) is 4.13. The molecule has 2 nitrogen and oxygen atoms in total. The van der Waals surface area contributed by atoms with Crippen LogP contribution in [0.2, 0.25) is 0 Å². The zero-order valence-electron chi connectivity index (χ0n) is 43.9. The second-order valence-electron chi connectivity index (χ2n) is 20.8. The third kappa shape index (κ3) is 8.30. The standard InChI is InChI=1S/C78H52N2/c1-3-18-53(19-4-1)54-40-44-66(45-41-54)79-75-34-13-10-31-70(75)72-51-62(42-46-77(72)79)63-43-47-78-73(52-63)71-32-11-14-35-76(71)80(78)74-33-12-9-30-69(74)65-27-16-23-59(49-65)56-38-36-55(37-39-56)58-22-15-24-60(48-58)61-25-17-26-64(50-61)68-29-8-7-28-67(68)57-20-5-2-6-21-57/h1-52H. The Labute approximate surface area is 466 Å². The fourth-order valence-corrected chi connectivity index (χ4v) is 12.3. The number of rotatable bonds is 10. The molecule has 0 unspecified atom stereocenters. The van der Waals surface area contributed by atoms with Gasteiger partial charge in [-0.15, -0.1) is 0 Å². The van der Waals surface area contributed by atoms with E-state index >= 15 is 0 Å². The van der Waals surface area contributed by atoms with Crippen LogP contribution < -0.4 is 0 Å². The molecule has 0 saturated heterocycles. The van der Waals surface area contributed by atoms with E-state index in [1.807, 2.05) is 0 Å². The number of nitrogens with zero attached hydrogens (tertiary/aromatic N) is 2. The number of aromatic nitrogens is 2. The smallest absolute Gasteiger partial charge is 0.0541 e. The molecule has 0 spiro atoms. The second-order valence-corrected chi connectivity index (χ2v) is 20.8. The van der Waals surface area contributed by atoms with Crippen molar-refractivity contribution in [1.82, 2.24) is 9.13 Å². The molecule has 15 aromatic rings. The Hall–Kier alpha value is -10.5. The van der Waals surface area contributed by atoms with Crippen molar-refractivity contribution in [3.05, 3.63) is 315 Å². The first-order valence-electron chi connectivity index (χ1n) is 27.6. The normalized spacial score (nSPS) is 11.5. The van der Waals surface area contributed by atoms with Gasteiger partial charge in [0.2, 0.25) is 0 Å². The van der Waals surface area contributed by atoms with E-state index in [2.05, 4.69) is 325 Å². The molecule has 374 valence electrons. The van der Waals surface area contributed by atoms with Crippen molar-refractivity contribution >= 4 is 43.6 Å². The molecule has 0 aliphatic carbocycles. The highest BCUT2D eigenvalue weighted by molar-refractivity contribution is 6.13. The van der Waals surface area contributed by atoms with Crippen molar-refractivity contribution in [2.24, 2.45) is 0 Å². The van der Waals surface area contributed by atoms with Crippen LogP contribution in [0.3, 0.4) is 0 Å². The largest absolute Gasteiger partial charge is 0.309 e. The molecule has 0 aliphatic rings. The van der Waals surface area contributed by atoms with E-state index < -0.39 is 0 Å². The summed E-state index contributed by atoms with van der Waals surface area (Å²) in [4.78, 5) is 0. The van der Waals surface area contributed by atoms with E-state index in [0.29, 0.717) is 0 Å². The van der Waals surface area contributed by atoms with Gasteiger partial charge in [-0.2, -0.15) is 0 Å². The minimum atomic E-state index is 1.15. The Bertz CT molecular complexity index is 4790. The summed E-state index contributed by atoms with van der Waals surface area (Å²) in [6.45, 7) is 0. The highest BCUT2D eigenvalue weighted by atomic mass is 15.0. The summed E-state index contributed by atoms with van der Waals surface area (Å²) >= 11 is 0. The van der Waals surface area contributed by atoms with Gasteiger partial charge in [0.25, 0.3) is 0 Å². The van der Waals surface area contributed by atoms with Crippen LogP contribution in [-0.2, 0) is 0 Å². The van der Waals surface area contributed by atoms with Crippen molar-refractivity contribution in [2.75, 3.05) is 0 Å². The molecule has 0 saturated carbocycles. The van der Waals surface area contributed by atoms with Crippen molar-refractivity contribution in [3.8, 4) is 100 Å². The van der Waals surface area contributed by atoms with E-state index in [1.54, 1.807) is 0 Å². The Balaban J connectivity index is 0.735. The van der Waals surface area contributed by atoms with Gasteiger partial charge in [-0.1, -0.05) is 243 Å². The van der Waals surface area contributed by atoms with E-state index in [4.69, 9.17) is 0 Å². The number of fused-ring (bicyclic) bond motifs is 6. The van der Waals surface area contributed by atoms with Gasteiger partial charge in [-0.25, -0.2) is 0 Å². The predicted octanol–water partition coefficient (Wildman–Crippen LogP) is 21.2. The van der Waals surface area contributed by atoms with Gasteiger partial charge in [0.15, 0.2) is 0 Å². The molecule has 2 aromatic heterocycles. The minimum absolute atomic E-state index is 1.15. The Morgan fingerprint density at radius 2 is 0.487 bits per heavy atom. The number of hydrogen-bond acceptors (Lipinski definition) is 0. The fourth-order valence-electron chi connectivity index (χ4n) is 12.3. The molecule has 80 heavy (non-hydrogen) atoms. The van der Waals surface area contributed by atoms with Gasteiger partial charge >= 0.3 is 0 Å². The lowest BCUT2D eigenvalue weighted by atomic mass is 9.92. The van der Waals surface area contributed by atoms with Crippen LogP contribution in [0, 0.1) is 0 Å². The molecule has 0 radical (unpaired) electrons. The van der Waals surface area contributed by atoms with Gasteiger partial charge in [-0.05, 0) is 156 Å². The maximum Gasteiger partial charge on any atom is 0.0541 e. The topological polar surface area (TPSA) is 9.86 Å². The highest BCUT2D eigenvalue weighted by Crippen LogP contribution is 2.42. The minimum Gasteiger partial charge on any atom is -0.309 e. The molecular weight excluding hydrogens is 965 g/mol. The summed E-state index contributed by atoms with van der Waals surface area (Å²) in [7, 11) is 0. The molecule has 2 heterocycles. The van der Waals surface area contributed by atoms with E-state index in [-0.39, 0.29) is 0 Å². The number of para-hydroxylation sites is 3. The monoisotopic (exact) mass is 1020 g/mol. The van der Waals surface area contributed by atoms with Crippen LogP contribution >= 0.6 is 0 Å². The second kappa shape index (κ2) is 19.8. The summed E-state index contributed by atoms with van der Waals surface area (Å²) in [6.07, 6.45) is 0.